The van der Waals surface area contributed by atoms with E-state index in [2.05, 4.69) is 15.0 Å². The third-order valence-electron chi connectivity index (χ3n) is 5.89. The second kappa shape index (κ2) is 12.0. The van der Waals surface area contributed by atoms with Crippen molar-refractivity contribution in [3.05, 3.63) is 36.5 Å². The van der Waals surface area contributed by atoms with Crippen molar-refractivity contribution in [2.75, 3.05) is 32.8 Å². The standard InChI is InChI=1S/C23H26F6N6O5S/c1-5-35(21(36)33-17(22(24,25)26)6-9-41(4,37)38)18(23(27,28)29)14-10-13(16(39-2)11-31-14)15-12-34-8-7-30-19(34)20(32-15)40-3/h7-8,10-12,17-18H,5-6,9H2,1-4H3,(H,33,36)/t17-,18-/m0/s1. The van der Waals surface area contributed by atoms with E-state index in [1.54, 1.807) is 6.20 Å². The van der Waals surface area contributed by atoms with Crippen molar-refractivity contribution in [1.29, 1.82) is 0 Å². The van der Waals surface area contributed by atoms with Crippen LogP contribution in [0.1, 0.15) is 25.1 Å². The molecule has 18 heteroatoms. The van der Waals surface area contributed by atoms with Gasteiger partial charge in [-0.25, -0.2) is 23.2 Å². The van der Waals surface area contributed by atoms with Gasteiger partial charge < -0.3 is 24.1 Å². The van der Waals surface area contributed by atoms with E-state index in [9.17, 15) is 39.6 Å². The summed E-state index contributed by atoms with van der Waals surface area (Å²) in [5.41, 5.74) is -0.323. The van der Waals surface area contributed by atoms with E-state index in [4.69, 9.17) is 9.47 Å². The molecule has 3 aromatic rings. The molecule has 3 aromatic heterocycles. The van der Waals surface area contributed by atoms with Crippen molar-refractivity contribution < 1.29 is 49.0 Å². The number of fused-ring (bicyclic) bond motifs is 1. The molecule has 3 rings (SSSR count). The number of rotatable bonds is 10. The molecular weight excluding hydrogens is 586 g/mol. The number of alkyl halides is 6. The van der Waals surface area contributed by atoms with Gasteiger partial charge in [0.05, 0.1) is 37.6 Å². The Morgan fingerprint density at radius 3 is 2.34 bits per heavy atom. The van der Waals surface area contributed by atoms with Gasteiger partial charge in [-0.3, -0.25) is 4.98 Å². The number of amides is 2. The van der Waals surface area contributed by atoms with Crippen LogP contribution in [0.25, 0.3) is 16.9 Å². The van der Waals surface area contributed by atoms with Gasteiger partial charge in [0.25, 0.3) is 5.88 Å². The molecule has 0 unspecified atom stereocenters. The molecule has 0 spiro atoms. The molecule has 3 heterocycles. The number of methoxy groups -OCH3 is 2. The van der Waals surface area contributed by atoms with Crippen molar-refractivity contribution in [3.63, 3.8) is 0 Å². The topological polar surface area (TPSA) is 128 Å². The van der Waals surface area contributed by atoms with E-state index in [1.807, 2.05) is 0 Å². The Kier molecular flexibility index (Phi) is 9.24. The smallest absolute Gasteiger partial charge is 0.414 e. The van der Waals surface area contributed by atoms with Crippen LogP contribution in [0.3, 0.4) is 0 Å². The van der Waals surface area contributed by atoms with Crippen molar-refractivity contribution in [2.45, 2.75) is 37.8 Å². The number of carbonyl (C=O) groups excluding carboxylic acids is 1. The highest BCUT2D eigenvalue weighted by Crippen LogP contribution is 2.40. The number of carbonyl (C=O) groups is 1. The number of imidazole rings is 1. The van der Waals surface area contributed by atoms with E-state index in [0.29, 0.717) is 11.9 Å². The summed E-state index contributed by atoms with van der Waals surface area (Å²) in [6, 6.07) is -6.27. The number of nitrogens with one attached hydrogen (secondary N) is 1. The monoisotopic (exact) mass is 612 g/mol. The highest BCUT2D eigenvalue weighted by atomic mass is 32.2. The molecule has 1 N–H and O–H groups in total. The van der Waals surface area contributed by atoms with Crippen LogP contribution in [-0.2, 0) is 9.84 Å². The lowest BCUT2D eigenvalue weighted by Gasteiger charge is -2.34. The number of sulfone groups is 1. The number of nitrogens with zero attached hydrogens (tertiary/aromatic N) is 5. The first kappa shape index (κ1) is 31.7. The molecule has 0 aromatic carbocycles. The third kappa shape index (κ3) is 7.47. The lowest BCUT2D eigenvalue weighted by Crippen LogP contribution is -2.54. The highest BCUT2D eigenvalue weighted by molar-refractivity contribution is 7.90. The van der Waals surface area contributed by atoms with Gasteiger partial charge in [-0.05, 0) is 19.4 Å². The Morgan fingerprint density at radius 2 is 1.80 bits per heavy atom. The van der Waals surface area contributed by atoms with E-state index >= 15 is 0 Å². The minimum atomic E-state index is -5.19. The fourth-order valence-electron chi connectivity index (χ4n) is 3.97. The van der Waals surface area contributed by atoms with E-state index in [0.717, 1.165) is 19.2 Å². The molecule has 11 nitrogen and oxygen atoms in total. The van der Waals surface area contributed by atoms with Crippen molar-refractivity contribution in [2.24, 2.45) is 0 Å². The molecule has 2 atom stereocenters. The lowest BCUT2D eigenvalue weighted by molar-refractivity contribution is -0.180. The summed E-state index contributed by atoms with van der Waals surface area (Å²) in [5, 5.41) is 1.51. The molecule has 2 amide bonds. The van der Waals surface area contributed by atoms with Gasteiger partial charge in [-0.2, -0.15) is 26.3 Å². The van der Waals surface area contributed by atoms with Gasteiger partial charge >= 0.3 is 18.4 Å². The summed E-state index contributed by atoms with van der Waals surface area (Å²) in [7, 11) is -1.30. The van der Waals surface area contributed by atoms with Crippen molar-refractivity contribution >= 4 is 21.5 Å². The third-order valence-corrected chi connectivity index (χ3v) is 6.87. The fourth-order valence-corrected chi connectivity index (χ4v) is 4.63. The molecular formula is C23H26F6N6O5S. The summed E-state index contributed by atoms with van der Waals surface area (Å²) in [6.07, 6.45) is -5.32. The molecule has 0 fully saturated rings. The van der Waals surface area contributed by atoms with Crippen LogP contribution in [0.5, 0.6) is 11.6 Å². The summed E-state index contributed by atoms with van der Waals surface area (Å²) < 4.78 is 119. The van der Waals surface area contributed by atoms with Gasteiger partial charge in [-0.1, -0.05) is 0 Å². The maximum Gasteiger partial charge on any atom is 0.414 e. The summed E-state index contributed by atoms with van der Waals surface area (Å²) >= 11 is 0. The Labute approximate surface area is 230 Å². The molecule has 0 aliphatic rings. The number of ether oxygens (including phenoxy) is 2. The van der Waals surface area contributed by atoms with Crippen LogP contribution in [0.4, 0.5) is 31.1 Å². The number of halogens is 6. The molecule has 0 aliphatic carbocycles. The van der Waals surface area contributed by atoms with Gasteiger partial charge in [0.1, 0.15) is 21.6 Å². The van der Waals surface area contributed by atoms with Gasteiger partial charge in [-0.15, -0.1) is 0 Å². The molecule has 0 bridgehead atoms. The van der Waals surface area contributed by atoms with E-state index < -0.39 is 64.7 Å². The summed E-state index contributed by atoms with van der Waals surface area (Å²) in [4.78, 5) is 25.2. The van der Waals surface area contributed by atoms with Crippen LogP contribution in [0, 0.1) is 0 Å². The van der Waals surface area contributed by atoms with Crippen LogP contribution in [-0.4, -0.2) is 89.9 Å². The number of hydrogen-bond acceptors (Lipinski definition) is 8. The SMILES string of the molecule is CCN(C(=O)N[C@@H](CCS(C)(=O)=O)C(F)(F)F)[C@@H](c1cc(-c2cn3ccnc3c(OC)n2)c(OC)cn1)C(F)(F)F. The minimum Gasteiger partial charge on any atom is -0.494 e. The maximum atomic E-state index is 14.4. The van der Waals surface area contributed by atoms with Crippen molar-refractivity contribution in [1.82, 2.24) is 29.6 Å². The Bertz CT molecular complexity index is 1490. The average Bonchev–Trinajstić information content (AvgIpc) is 3.35. The number of pyridine rings is 1. The van der Waals surface area contributed by atoms with E-state index in [1.165, 1.54) is 36.3 Å². The molecule has 0 saturated heterocycles. The van der Waals surface area contributed by atoms with Gasteiger partial charge in [0, 0.05) is 37.0 Å². The van der Waals surface area contributed by atoms with Crippen LogP contribution in [0.2, 0.25) is 0 Å². The van der Waals surface area contributed by atoms with Crippen LogP contribution >= 0.6 is 0 Å². The molecule has 0 saturated carbocycles. The molecule has 0 aliphatic heterocycles. The van der Waals surface area contributed by atoms with E-state index in [-0.39, 0.29) is 27.8 Å². The predicted octanol–water partition coefficient (Wildman–Crippen LogP) is 3.81. The van der Waals surface area contributed by atoms with Gasteiger partial charge in [0.2, 0.25) is 0 Å². The second-order valence-corrected chi connectivity index (χ2v) is 11.1. The molecule has 226 valence electrons. The first-order chi connectivity index (χ1) is 19.0. The number of aromatic nitrogens is 4. The minimum absolute atomic E-state index is 0.00843. The predicted molar refractivity (Wildman–Crippen MR) is 133 cm³/mol. The Morgan fingerprint density at radius 1 is 1.12 bits per heavy atom. The van der Waals surface area contributed by atoms with Gasteiger partial charge in [0.15, 0.2) is 11.7 Å². The first-order valence-electron chi connectivity index (χ1n) is 11.8. The molecule has 41 heavy (non-hydrogen) atoms. The quantitative estimate of drug-likeness (QED) is 0.343. The zero-order chi connectivity index (χ0) is 30.8. The van der Waals surface area contributed by atoms with Crippen LogP contribution < -0.4 is 14.8 Å². The van der Waals surface area contributed by atoms with Crippen molar-refractivity contribution in [3.8, 4) is 22.9 Å². The zero-order valence-electron chi connectivity index (χ0n) is 22.1. The van der Waals surface area contributed by atoms with Crippen LogP contribution in [0.15, 0.2) is 30.9 Å². The maximum absolute atomic E-state index is 14.4. The molecule has 0 radical (unpaired) electrons. The Hall–Kier alpha value is -3.83. The zero-order valence-corrected chi connectivity index (χ0v) is 22.9. The highest BCUT2D eigenvalue weighted by Gasteiger charge is 2.49. The normalized spacial score (nSPS) is 14.0. The fraction of sp³-hybridized carbons (Fsp3) is 0.478. The number of hydrogen-bond donors (Lipinski definition) is 1. The average molecular weight is 613 g/mol. The summed E-state index contributed by atoms with van der Waals surface area (Å²) in [5.74, 6) is -0.899. The summed E-state index contributed by atoms with van der Waals surface area (Å²) in [6.45, 7) is 0.462. The lowest BCUT2D eigenvalue weighted by atomic mass is 10.1. The largest absolute Gasteiger partial charge is 0.494 e. The second-order valence-electron chi connectivity index (χ2n) is 8.80. The Balaban J connectivity index is 2.07. The first-order valence-corrected chi connectivity index (χ1v) is 13.9. The number of urea groups is 1.